The number of aryl methyl sites for hydroxylation is 2. The SMILES string of the molecule is CCn1c2ccccc2c2cc(N(C)c3ccc4c(c3)C(C)(C)c3ccccc3-4)ccc21.CCn1c2ccccc2c2cc(N(C)c3ccc4c(c3)C3(c5ccccc5-c5ccccc53)c3ccccc3-4)ccc21.CN(c1ccccc1)c1ccc2c(c1)c1cc(-c3cccc4ccccc34)ccc1n2-c1ccccc1.CN(c1ccccc1)c1ccc2c(c1)c1cc(-c3ccccc3)ccc1n2-c1ccccc1. The van der Waals surface area contributed by atoms with Crippen LogP contribution >= 0.6 is 0 Å². The van der Waals surface area contributed by atoms with E-state index in [1.807, 2.05) is 0 Å². The Morgan fingerprint density at radius 3 is 0.938 bits per heavy atom. The van der Waals surface area contributed by atoms with Crippen LogP contribution in [0.25, 0.3) is 165 Å². The lowest BCUT2D eigenvalue weighted by molar-refractivity contribution is 0.660. The van der Waals surface area contributed by atoms with Crippen molar-refractivity contribution < 1.29 is 0 Å². The molecule has 0 saturated carbocycles. The molecule has 28 rings (SSSR count). The summed E-state index contributed by atoms with van der Waals surface area (Å²) >= 11 is 0. The van der Waals surface area contributed by atoms with Gasteiger partial charge >= 0.3 is 0 Å². The van der Waals surface area contributed by atoms with E-state index >= 15 is 0 Å². The molecule has 0 bridgehead atoms. The molecule has 0 unspecified atom stereocenters. The minimum atomic E-state index is -0.325. The standard InChI is InChI=1S/C40H30N2.C35H26N2.C31H24N2.C30H28N2/c1-3-42-38-19-11-7-15-32(38)33-24-26(21-23-39(33)42)41(2)27-20-22-31-30-14-6-10-18-36(30)40(37(31)25-27)34-16-8-4-12-28(34)29-13-5-9-17-35(29)40;1-36(27-13-4-2-5-14-27)29-20-22-35-33(24-29)32-23-26(31-18-10-12-25-11-8-9-17-30(25)31)19-21-34(32)37(35)28-15-6-3-7-16-28;1-32(25-13-7-3-8-14-25)27-18-20-31-29(22-27)28-21-24(23-11-5-2-6-12-23)17-19-30(28)33(31)26-15-9-4-10-16-26;1-5-32-28-13-9-7-11-24(28)25-18-20(15-17-29(25)32)31(4)21-14-16-23-22-10-6-8-12-26(22)30(2,3)27(23)19-21/h4-25H,3H2,1-2H3;2-24H,1H3;2-22H,1H3;6-19H,5H2,1-4H3. The highest BCUT2D eigenvalue weighted by molar-refractivity contribution is 6.15. The summed E-state index contributed by atoms with van der Waals surface area (Å²) < 4.78 is 9.57. The number of benzene rings is 21. The predicted molar refractivity (Wildman–Crippen MR) is 612 cm³/mol. The summed E-state index contributed by atoms with van der Waals surface area (Å²) in [5.41, 5.74) is 43.0. The molecule has 0 amide bonds. The Balaban J connectivity index is 0.000000101. The van der Waals surface area contributed by atoms with Crippen LogP contribution in [0.3, 0.4) is 0 Å². The van der Waals surface area contributed by atoms with Gasteiger partial charge in [0.25, 0.3) is 0 Å². The van der Waals surface area contributed by atoms with E-state index in [9.17, 15) is 0 Å². The molecule has 8 heteroatoms. The number of hydrogen-bond donors (Lipinski definition) is 0. The lowest BCUT2D eigenvalue weighted by Gasteiger charge is -2.31. The van der Waals surface area contributed by atoms with Gasteiger partial charge in [-0.2, -0.15) is 0 Å². The zero-order valence-electron chi connectivity index (χ0n) is 82.2. The topological polar surface area (TPSA) is 32.7 Å². The van der Waals surface area contributed by atoms with Gasteiger partial charge in [-0.3, -0.25) is 0 Å². The summed E-state index contributed by atoms with van der Waals surface area (Å²) in [7, 11) is 8.64. The van der Waals surface area contributed by atoms with Crippen LogP contribution in [0.15, 0.2) is 485 Å². The third kappa shape index (κ3) is 14.5. The number of hydrogen-bond acceptors (Lipinski definition) is 4. The molecule has 1 spiro atoms. The van der Waals surface area contributed by atoms with Crippen molar-refractivity contribution in [3.63, 3.8) is 0 Å². The Kier molecular flexibility index (Phi) is 21.9. The smallest absolute Gasteiger partial charge is 0.0726 e. The first-order valence-corrected chi connectivity index (χ1v) is 50.4. The summed E-state index contributed by atoms with van der Waals surface area (Å²) in [6, 6.07) is 177. The van der Waals surface area contributed by atoms with E-state index in [-0.39, 0.29) is 10.8 Å². The molecule has 144 heavy (non-hydrogen) atoms. The lowest BCUT2D eigenvalue weighted by Crippen LogP contribution is -2.26. The van der Waals surface area contributed by atoms with Crippen LogP contribution in [-0.4, -0.2) is 46.5 Å². The van der Waals surface area contributed by atoms with Crippen LogP contribution in [-0.2, 0) is 23.9 Å². The predicted octanol–water partition coefficient (Wildman–Crippen LogP) is 35.4. The van der Waals surface area contributed by atoms with Gasteiger partial charge < -0.3 is 37.9 Å². The Hall–Kier alpha value is -17.7. The molecule has 0 N–H and O–H groups in total. The molecule has 3 aliphatic carbocycles. The first kappa shape index (κ1) is 87.8. The van der Waals surface area contributed by atoms with Crippen molar-refractivity contribution in [2.75, 3.05) is 47.8 Å². The fourth-order valence-electron chi connectivity index (χ4n) is 23.9. The number of rotatable bonds is 14. The second-order valence-electron chi connectivity index (χ2n) is 39.0. The Morgan fingerprint density at radius 1 is 0.188 bits per heavy atom. The van der Waals surface area contributed by atoms with Gasteiger partial charge in [-0.05, 0) is 296 Å². The fraction of sp³-hybridized carbons (Fsp3) is 0.0882. The molecule has 0 atom stereocenters. The number of para-hydroxylation sites is 6. The van der Waals surface area contributed by atoms with Crippen LogP contribution in [0.4, 0.5) is 45.5 Å². The zero-order valence-corrected chi connectivity index (χ0v) is 82.2. The maximum atomic E-state index is 2.45. The average molecular weight is 1850 g/mol. The lowest BCUT2D eigenvalue weighted by atomic mass is 9.70. The molecule has 21 aromatic carbocycles. The van der Waals surface area contributed by atoms with Crippen molar-refractivity contribution >= 4 is 143 Å². The van der Waals surface area contributed by atoms with E-state index in [1.165, 1.54) is 244 Å². The van der Waals surface area contributed by atoms with Gasteiger partial charge in [0.2, 0.25) is 0 Å². The molecule has 692 valence electrons. The van der Waals surface area contributed by atoms with E-state index in [1.54, 1.807) is 0 Å². The van der Waals surface area contributed by atoms with Gasteiger partial charge in [-0.15, -0.1) is 0 Å². The van der Waals surface area contributed by atoms with Crippen LogP contribution in [0.2, 0.25) is 0 Å². The third-order valence-electron chi connectivity index (χ3n) is 31.0. The Morgan fingerprint density at radius 2 is 0.479 bits per heavy atom. The molecular weight excluding hydrogens is 1750 g/mol. The van der Waals surface area contributed by atoms with Crippen LogP contribution < -0.4 is 19.6 Å². The highest BCUT2D eigenvalue weighted by Gasteiger charge is 2.52. The number of nitrogens with zero attached hydrogens (tertiary/aromatic N) is 8. The molecule has 4 heterocycles. The van der Waals surface area contributed by atoms with Crippen molar-refractivity contribution in [3.8, 4) is 67.0 Å². The number of aromatic nitrogens is 4. The summed E-state index contributed by atoms with van der Waals surface area (Å²) in [4.78, 5) is 9.16. The molecule has 8 nitrogen and oxygen atoms in total. The average Bonchev–Trinajstić information content (AvgIpc) is 1.50. The van der Waals surface area contributed by atoms with E-state index in [2.05, 4.69) is 579 Å². The van der Waals surface area contributed by atoms with Crippen LogP contribution in [0.1, 0.15) is 61.1 Å². The molecule has 0 fully saturated rings. The van der Waals surface area contributed by atoms with Crippen LogP contribution in [0, 0.1) is 0 Å². The maximum Gasteiger partial charge on any atom is 0.0726 e. The number of anilines is 8. The largest absolute Gasteiger partial charge is 0.345 e. The van der Waals surface area contributed by atoms with Gasteiger partial charge in [0.1, 0.15) is 0 Å². The highest BCUT2D eigenvalue weighted by Crippen LogP contribution is 2.64. The molecule has 0 saturated heterocycles. The van der Waals surface area contributed by atoms with Gasteiger partial charge in [0.05, 0.1) is 27.5 Å². The van der Waals surface area contributed by atoms with E-state index < -0.39 is 0 Å². The van der Waals surface area contributed by atoms with Gasteiger partial charge in [-0.1, -0.05) is 317 Å². The van der Waals surface area contributed by atoms with Crippen molar-refractivity contribution in [1.82, 2.24) is 18.3 Å². The van der Waals surface area contributed by atoms with Crippen LogP contribution in [0.5, 0.6) is 0 Å². The Bertz CT molecular complexity index is 9210. The molecule has 25 aromatic rings. The normalized spacial score (nSPS) is 12.6. The summed E-state index contributed by atoms with van der Waals surface area (Å²) in [5, 5.41) is 12.8. The minimum absolute atomic E-state index is 0.0152. The quantitative estimate of drug-likeness (QED) is 0.109. The van der Waals surface area contributed by atoms with Crippen molar-refractivity contribution in [2.24, 2.45) is 0 Å². The van der Waals surface area contributed by atoms with Crippen molar-refractivity contribution in [3.05, 3.63) is 519 Å². The van der Waals surface area contributed by atoms with Gasteiger partial charge in [-0.25, -0.2) is 0 Å². The molecule has 4 aromatic heterocycles. The monoisotopic (exact) mass is 1850 g/mol. The molecular formula is C136H108N8. The van der Waals surface area contributed by atoms with E-state index in [4.69, 9.17) is 0 Å². The molecule has 3 aliphatic rings. The van der Waals surface area contributed by atoms with E-state index in [0.717, 1.165) is 13.1 Å². The third-order valence-corrected chi connectivity index (χ3v) is 31.0. The van der Waals surface area contributed by atoms with Gasteiger partial charge in [0, 0.05) is 169 Å². The second-order valence-corrected chi connectivity index (χ2v) is 39.0. The Labute approximate surface area is 841 Å². The van der Waals surface area contributed by atoms with Crippen molar-refractivity contribution in [2.45, 2.75) is 51.6 Å². The van der Waals surface area contributed by atoms with Crippen molar-refractivity contribution in [1.29, 1.82) is 0 Å². The molecule has 0 aliphatic heterocycles. The maximum absolute atomic E-state index is 2.45. The fourth-order valence-corrected chi connectivity index (χ4v) is 23.9. The first-order chi connectivity index (χ1) is 70.8. The molecule has 0 radical (unpaired) electrons. The second kappa shape index (κ2) is 35.9. The minimum Gasteiger partial charge on any atom is -0.345 e. The highest BCUT2D eigenvalue weighted by atomic mass is 15.1. The number of fused-ring (bicyclic) bond motifs is 26. The van der Waals surface area contributed by atoms with Gasteiger partial charge in [0.15, 0.2) is 0 Å². The zero-order chi connectivity index (χ0) is 97.0. The first-order valence-electron chi connectivity index (χ1n) is 50.4. The van der Waals surface area contributed by atoms with E-state index in [0.29, 0.717) is 0 Å². The summed E-state index contributed by atoms with van der Waals surface area (Å²) in [6.45, 7) is 11.1. The summed E-state index contributed by atoms with van der Waals surface area (Å²) in [6.07, 6.45) is 0. The summed E-state index contributed by atoms with van der Waals surface area (Å²) in [5.74, 6) is 0.